The summed E-state index contributed by atoms with van der Waals surface area (Å²) >= 11 is 0. The van der Waals surface area contributed by atoms with E-state index in [1.165, 1.54) is 13.3 Å². The van der Waals surface area contributed by atoms with E-state index in [1.54, 1.807) is 42.7 Å². The topological polar surface area (TPSA) is 156 Å². The van der Waals surface area contributed by atoms with Gasteiger partial charge < -0.3 is 25.0 Å². The summed E-state index contributed by atoms with van der Waals surface area (Å²) in [5.74, 6) is -2.62. The molecule has 0 amide bonds. The van der Waals surface area contributed by atoms with E-state index in [9.17, 15) is 9.36 Å². The maximum atomic E-state index is 16.2. The number of nitrogens with two attached hydrogens (primary N) is 1. The van der Waals surface area contributed by atoms with Crippen LogP contribution < -0.4 is 16.1 Å². The van der Waals surface area contributed by atoms with Crippen molar-refractivity contribution >= 4 is 36.4 Å². The molecule has 0 aliphatic carbocycles. The van der Waals surface area contributed by atoms with Crippen LogP contribution in [0.5, 0.6) is 0 Å². The smallest absolute Gasteiger partial charge is 0.323 e. The van der Waals surface area contributed by atoms with Gasteiger partial charge in [-0.3, -0.25) is 13.9 Å². The number of ether oxygens (including phenoxy) is 2. The van der Waals surface area contributed by atoms with E-state index in [2.05, 4.69) is 25.4 Å². The van der Waals surface area contributed by atoms with Crippen molar-refractivity contribution in [3.8, 4) is 0 Å². The van der Waals surface area contributed by atoms with E-state index < -0.39 is 38.2 Å². The van der Waals surface area contributed by atoms with E-state index >= 15 is 4.39 Å². The molecule has 0 spiro atoms. The summed E-state index contributed by atoms with van der Waals surface area (Å²) in [7, 11) is -3.79. The zero-order valence-electron chi connectivity index (χ0n) is 24.0. The molecule has 1 aliphatic heterocycles. The van der Waals surface area contributed by atoms with Crippen LogP contribution in [-0.2, 0) is 29.5 Å². The van der Waals surface area contributed by atoms with Gasteiger partial charge in [0.25, 0.3) is 7.52 Å². The number of carbonyl (C=O) groups is 1. The molecule has 0 saturated carbocycles. The second kappa shape index (κ2) is 12.8. The third kappa shape index (κ3) is 7.59. The van der Waals surface area contributed by atoms with Crippen molar-refractivity contribution in [2.45, 2.75) is 77.9 Å². The van der Waals surface area contributed by atoms with Gasteiger partial charge in [-0.1, -0.05) is 44.2 Å². The average Bonchev–Trinajstić information content (AvgIpc) is 3.46. The minimum Gasteiger partial charge on any atom is -0.462 e. The maximum absolute atomic E-state index is 16.2. The van der Waals surface area contributed by atoms with Crippen LogP contribution in [0.4, 0.5) is 16.2 Å². The third-order valence-corrected chi connectivity index (χ3v) is 8.63. The number of nitrogens with one attached hydrogen (secondary N) is 2. The van der Waals surface area contributed by atoms with E-state index in [0.29, 0.717) is 29.1 Å². The highest BCUT2D eigenvalue weighted by atomic mass is 31.2. The Labute approximate surface area is 239 Å². The quantitative estimate of drug-likeness (QED) is 0.186. The highest BCUT2D eigenvalue weighted by molar-refractivity contribution is 7.56. The summed E-state index contributed by atoms with van der Waals surface area (Å²) in [6.45, 7) is 8.88. The van der Waals surface area contributed by atoms with Crippen LogP contribution in [-0.4, -0.2) is 56.6 Å². The number of rotatable bonds is 13. The number of hydrogen-bond donors (Lipinski definition) is 3. The molecule has 2 aromatic heterocycles. The highest BCUT2D eigenvalue weighted by Gasteiger charge is 2.48. The number of nitrogens with zero attached hydrogens (tertiary/aromatic N) is 4. The van der Waals surface area contributed by atoms with Gasteiger partial charge in [0.15, 0.2) is 17.0 Å². The lowest BCUT2D eigenvalue weighted by Gasteiger charge is -2.27. The molecule has 1 saturated heterocycles. The highest BCUT2D eigenvalue weighted by Crippen LogP contribution is 2.50. The first kappa shape index (κ1) is 30.8. The summed E-state index contributed by atoms with van der Waals surface area (Å²) in [5.41, 5.74) is 7.56. The zero-order valence-corrected chi connectivity index (χ0v) is 24.9. The maximum Gasteiger partial charge on any atom is 0.323 e. The Morgan fingerprint density at radius 3 is 2.71 bits per heavy atom. The number of benzene rings is 1. The third-order valence-electron chi connectivity index (χ3n) is 6.52. The first-order chi connectivity index (χ1) is 19.4. The largest absolute Gasteiger partial charge is 0.462 e. The first-order valence-electron chi connectivity index (χ1n) is 13.8. The molecule has 5 atom stereocenters. The van der Waals surface area contributed by atoms with Gasteiger partial charge in [-0.2, -0.15) is 9.97 Å². The van der Waals surface area contributed by atoms with Gasteiger partial charge in [0.1, 0.15) is 18.9 Å². The predicted molar refractivity (Wildman–Crippen MR) is 154 cm³/mol. The van der Waals surface area contributed by atoms with Crippen LogP contribution in [0.3, 0.4) is 0 Å². The predicted octanol–water partition coefficient (Wildman–Crippen LogP) is 4.79. The van der Waals surface area contributed by atoms with Crippen LogP contribution in [0, 0.1) is 5.92 Å². The van der Waals surface area contributed by atoms with Crippen molar-refractivity contribution in [1.29, 1.82) is 0 Å². The lowest BCUT2D eigenvalue weighted by Crippen LogP contribution is -2.37. The van der Waals surface area contributed by atoms with Gasteiger partial charge in [0, 0.05) is 18.9 Å². The molecule has 3 aromatic rings. The molecule has 4 N–H and O–H groups in total. The normalized spacial score (nSPS) is 23.0. The fraction of sp³-hybridized carbons (Fsp3) is 0.556. The Hall–Kier alpha value is -3.12. The van der Waals surface area contributed by atoms with Crippen LogP contribution >= 0.6 is 7.52 Å². The molecule has 4 rings (SSSR count). The number of alkyl halides is 1. The van der Waals surface area contributed by atoms with Crippen molar-refractivity contribution in [3.63, 3.8) is 0 Å². The number of carbonyl (C=O) groups excluding carboxylic acids is 1. The molecule has 14 heteroatoms. The fourth-order valence-corrected chi connectivity index (χ4v) is 6.75. The summed E-state index contributed by atoms with van der Waals surface area (Å²) in [5, 5.41) is 5.96. The minimum atomic E-state index is -3.79. The van der Waals surface area contributed by atoms with Gasteiger partial charge in [0.2, 0.25) is 11.8 Å². The standard InChI is InChI=1S/C27H39FN7O5P/c1-6-12-30-22-21-23(33-26(29)32-22)35(16-31-21)24-18(4)13-27(28,40-24)15-38-41(37,14-20-10-8-7-9-11-20)34-19(5)25(36)39-17(2)3/h7-11,16-19,24H,6,12-15H2,1-5H3,(H,34,37)(H3,29,30,32,33)/t18-,19-,24+,27-,41-/m0/s1. The summed E-state index contributed by atoms with van der Waals surface area (Å²) < 4.78 is 48.7. The van der Waals surface area contributed by atoms with Crippen molar-refractivity contribution < 1.29 is 27.7 Å². The number of imidazole rings is 1. The molecule has 1 aliphatic rings. The Morgan fingerprint density at radius 2 is 2.02 bits per heavy atom. The molecular formula is C27H39FN7O5P. The van der Waals surface area contributed by atoms with Crippen LogP contribution in [0.1, 0.15) is 59.3 Å². The molecule has 3 heterocycles. The molecule has 0 radical (unpaired) electrons. The summed E-state index contributed by atoms with van der Waals surface area (Å²) in [4.78, 5) is 25.4. The Kier molecular flexibility index (Phi) is 9.63. The zero-order chi connectivity index (χ0) is 29.8. The van der Waals surface area contributed by atoms with E-state index in [-0.39, 0.29) is 30.6 Å². The Balaban J connectivity index is 1.53. The number of hydrogen-bond acceptors (Lipinski definition) is 10. The Bertz CT molecular complexity index is 1390. The Morgan fingerprint density at radius 1 is 1.29 bits per heavy atom. The molecule has 41 heavy (non-hydrogen) atoms. The molecular weight excluding hydrogens is 552 g/mol. The first-order valence-corrected chi connectivity index (χ1v) is 15.6. The van der Waals surface area contributed by atoms with Crippen molar-refractivity contribution in [2.75, 3.05) is 24.2 Å². The van der Waals surface area contributed by atoms with Crippen LogP contribution in [0.25, 0.3) is 11.2 Å². The van der Waals surface area contributed by atoms with E-state index in [1.807, 2.05) is 19.9 Å². The molecule has 1 aromatic carbocycles. The summed E-state index contributed by atoms with van der Waals surface area (Å²) in [6, 6.07) is 8.05. The van der Waals surface area contributed by atoms with Crippen molar-refractivity contribution in [2.24, 2.45) is 5.92 Å². The number of anilines is 2. The summed E-state index contributed by atoms with van der Waals surface area (Å²) in [6.07, 6.45) is 1.18. The second-order valence-corrected chi connectivity index (χ2v) is 12.9. The van der Waals surface area contributed by atoms with Gasteiger partial charge >= 0.3 is 5.97 Å². The monoisotopic (exact) mass is 591 g/mol. The SMILES string of the molecule is CCCNc1nc(N)nc2c1ncn2[C@@H]1O[C@](F)(CO[P@@](=O)(Cc2ccccc2)N[C@@H](C)C(=O)OC(C)C)C[C@@H]1C. The lowest BCUT2D eigenvalue weighted by molar-refractivity contribution is -0.172. The van der Waals surface area contributed by atoms with E-state index in [0.717, 1.165) is 6.42 Å². The van der Waals surface area contributed by atoms with Gasteiger partial charge in [-0.15, -0.1) is 0 Å². The molecule has 12 nitrogen and oxygen atoms in total. The van der Waals surface area contributed by atoms with Crippen molar-refractivity contribution in [1.82, 2.24) is 24.6 Å². The fourth-order valence-electron chi connectivity index (χ4n) is 4.71. The van der Waals surface area contributed by atoms with Crippen molar-refractivity contribution in [3.05, 3.63) is 42.2 Å². The van der Waals surface area contributed by atoms with E-state index in [4.69, 9.17) is 19.7 Å². The number of nitrogen functional groups attached to an aromatic ring is 1. The molecule has 224 valence electrons. The number of fused-ring (bicyclic) bond motifs is 1. The molecule has 1 fully saturated rings. The number of aromatic nitrogens is 4. The number of halogens is 1. The molecule has 0 bridgehead atoms. The van der Waals surface area contributed by atoms with Gasteiger partial charge in [-0.25, -0.2) is 14.5 Å². The van der Waals surface area contributed by atoms with Crippen LogP contribution in [0.15, 0.2) is 36.7 Å². The molecule has 0 unspecified atom stereocenters. The number of esters is 1. The van der Waals surface area contributed by atoms with Gasteiger partial charge in [-0.05, 0) is 32.8 Å². The second-order valence-electron chi connectivity index (χ2n) is 10.7. The lowest BCUT2D eigenvalue weighted by atomic mass is 10.1. The van der Waals surface area contributed by atoms with Gasteiger partial charge in [0.05, 0.1) is 18.6 Å². The van der Waals surface area contributed by atoms with Crippen LogP contribution in [0.2, 0.25) is 0 Å². The average molecular weight is 592 g/mol. The minimum absolute atomic E-state index is 0.0326.